The number of carbonyl (C=O) groups is 1. The topological polar surface area (TPSA) is 59.8 Å². The van der Waals surface area contributed by atoms with Crippen LogP contribution in [0.2, 0.25) is 5.02 Å². The summed E-state index contributed by atoms with van der Waals surface area (Å²) in [6.45, 7) is 2.50. The Bertz CT molecular complexity index is 668. The number of aromatic nitrogens is 3. The predicted molar refractivity (Wildman–Crippen MR) is 78.0 cm³/mol. The van der Waals surface area contributed by atoms with Gasteiger partial charge in [-0.15, -0.1) is 11.6 Å². The summed E-state index contributed by atoms with van der Waals surface area (Å²) in [6, 6.07) is 1.88. The smallest absolute Gasteiger partial charge is 0.220 e. The molecular formula is C13H14Cl2N4O. The molecule has 0 radical (unpaired) electrons. The van der Waals surface area contributed by atoms with E-state index in [1.165, 1.54) is 0 Å². The highest BCUT2D eigenvalue weighted by Crippen LogP contribution is 2.26. The summed E-state index contributed by atoms with van der Waals surface area (Å²) in [7, 11) is 0. The second-order valence-corrected chi connectivity index (χ2v) is 6.09. The molecule has 7 heteroatoms. The van der Waals surface area contributed by atoms with Crippen LogP contribution in [0.15, 0.2) is 12.3 Å². The zero-order chi connectivity index (χ0) is 14.3. The number of fused-ring (bicyclic) bond motifs is 1. The average Bonchev–Trinajstić information content (AvgIpc) is 2.94. The Kier molecular flexibility index (Phi) is 3.56. The minimum Gasteiger partial charge on any atom is -0.352 e. The predicted octanol–water partition coefficient (Wildman–Crippen LogP) is 2.66. The summed E-state index contributed by atoms with van der Waals surface area (Å²) in [5.41, 5.74) is 1.47. The van der Waals surface area contributed by atoms with Gasteiger partial charge in [-0.2, -0.15) is 0 Å². The summed E-state index contributed by atoms with van der Waals surface area (Å²) in [6.07, 6.45) is 2.99. The van der Waals surface area contributed by atoms with Gasteiger partial charge in [-0.25, -0.2) is 9.97 Å². The lowest BCUT2D eigenvalue weighted by Crippen LogP contribution is -2.30. The fourth-order valence-corrected chi connectivity index (χ4v) is 2.84. The summed E-state index contributed by atoms with van der Waals surface area (Å²) in [5.74, 6) is 0.841. The summed E-state index contributed by atoms with van der Waals surface area (Å²) < 4.78 is 1.97. The van der Waals surface area contributed by atoms with E-state index < -0.39 is 0 Å². The molecule has 3 rings (SSSR count). The molecule has 0 bridgehead atoms. The molecule has 2 aromatic heterocycles. The molecule has 1 amide bonds. The van der Waals surface area contributed by atoms with Gasteiger partial charge < -0.3 is 9.88 Å². The van der Waals surface area contributed by atoms with Gasteiger partial charge in [0.15, 0.2) is 5.65 Å². The summed E-state index contributed by atoms with van der Waals surface area (Å²) >= 11 is 12.1. The van der Waals surface area contributed by atoms with Gasteiger partial charge in [0.25, 0.3) is 0 Å². The fourth-order valence-electron chi connectivity index (χ4n) is 2.52. The molecule has 5 nitrogen and oxygen atoms in total. The number of rotatable bonds is 3. The number of pyridine rings is 1. The van der Waals surface area contributed by atoms with E-state index in [-0.39, 0.29) is 17.3 Å². The summed E-state index contributed by atoms with van der Waals surface area (Å²) in [5, 5.41) is 3.26. The lowest BCUT2D eigenvalue weighted by Gasteiger charge is -2.14. The molecule has 0 aromatic carbocycles. The van der Waals surface area contributed by atoms with Crippen LogP contribution in [0.1, 0.15) is 31.0 Å². The third-order valence-corrected chi connectivity index (χ3v) is 3.83. The minimum absolute atomic E-state index is 0.0934. The highest BCUT2D eigenvalue weighted by molar-refractivity contribution is 6.31. The normalized spacial score (nSPS) is 20.4. The zero-order valence-corrected chi connectivity index (χ0v) is 12.4. The van der Waals surface area contributed by atoms with Crippen molar-refractivity contribution in [2.24, 2.45) is 0 Å². The van der Waals surface area contributed by atoms with E-state index in [4.69, 9.17) is 23.2 Å². The molecule has 1 N–H and O–H groups in total. The quantitative estimate of drug-likeness (QED) is 0.886. The number of imidazole rings is 1. The van der Waals surface area contributed by atoms with E-state index in [1.807, 2.05) is 11.5 Å². The number of nitrogens with zero attached hydrogens (tertiary/aromatic N) is 3. The highest BCUT2D eigenvalue weighted by atomic mass is 35.5. The van der Waals surface area contributed by atoms with E-state index in [9.17, 15) is 4.79 Å². The van der Waals surface area contributed by atoms with E-state index in [0.29, 0.717) is 18.0 Å². The van der Waals surface area contributed by atoms with Crippen molar-refractivity contribution in [2.75, 3.05) is 0 Å². The third-order valence-electron chi connectivity index (χ3n) is 3.42. The largest absolute Gasteiger partial charge is 0.352 e. The first-order valence-corrected chi connectivity index (χ1v) is 7.31. The van der Waals surface area contributed by atoms with Gasteiger partial charge in [0, 0.05) is 25.2 Å². The van der Waals surface area contributed by atoms with Gasteiger partial charge in [-0.05, 0) is 19.4 Å². The van der Waals surface area contributed by atoms with Gasteiger partial charge >= 0.3 is 0 Å². The zero-order valence-electron chi connectivity index (χ0n) is 10.9. The van der Waals surface area contributed by atoms with Crippen molar-refractivity contribution in [1.29, 1.82) is 0 Å². The monoisotopic (exact) mass is 312 g/mol. The van der Waals surface area contributed by atoms with Gasteiger partial charge in [0.05, 0.1) is 10.4 Å². The standard InChI is InChI=1S/C13H14Cl2N4O/c1-7(14)12-18-10-4-8(15)5-16-13(10)19(12)6-9-2-3-11(20)17-9/h4-5,7,9H,2-3,6H2,1H3,(H,17,20). The molecule has 0 spiro atoms. The van der Waals surface area contributed by atoms with Crippen molar-refractivity contribution in [3.63, 3.8) is 0 Å². The molecule has 0 saturated carbocycles. The maximum atomic E-state index is 11.3. The number of nitrogens with one attached hydrogen (secondary N) is 1. The van der Waals surface area contributed by atoms with Crippen molar-refractivity contribution in [2.45, 2.75) is 37.7 Å². The van der Waals surface area contributed by atoms with Gasteiger partial charge in [0.2, 0.25) is 5.91 Å². The molecule has 2 aromatic rings. The number of hydrogen-bond acceptors (Lipinski definition) is 3. The molecule has 3 heterocycles. The van der Waals surface area contributed by atoms with Crippen LogP contribution in [0, 0.1) is 0 Å². The van der Waals surface area contributed by atoms with E-state index in [2.05, 4.69) is 15.3 Å². The Morgan fingerprint density at radius 3 is 3.05 bits per heavy atom. The maximum absolute atomic E-state index is 11.3. The van der Waals surface area contributed by atoms with E-state index in [0.717, 1.165) is 23.4 Å². The Labute approximate surface area is 126 Å². The maximum Gasteiger partial charge on any atom is 0.220 e. The van der Waals surface area contributed by atoms with Crippen molar-refractivity contribution < 1.29 is 4.79 Å². The number of hydrogen-bond donors (Lipinski definition) is 1. The molecule has 1 saturated heterocycles. The first-order valence-electron chi connectivity index (χ1n) is 6.49. The highest BCUT2D eigenvalue weighted by Gasteiger charge is 2.24. The Hall–Kier alpha value is -1.33. The molecule has 2 atom stereocenters. The van der Waals surface area contributed by atoms with Crippen molar-refractivity contribution >= 4 is 40.3 Å². The lowest BCUT2D eigenvalue weighted by atomic mass is 10.2. The Morgan fingerprint density at radius 2 is 2.40 bits per heavy atom. The van der Waals surface area contributed by atoms with Crippen LogP contribution in [0.3, 0.4) is 0 Å². The van der Waals surface area contributed by atoms with E-state index in [1.54, 1.807) is 12.3 Å². The molecule has 1 fully saturated rings. The van der Waals surface area contributed by atoms with Gasteiger partial charge in [-0.3, -0.25) is 4.79 Å². The number of alkyl halides is 1. The molecule has 20 heavy (non-hydrogen) atoms. The van der Waals surface area contributed by atoms with Crippen molar-refractivity contribution in [3.05, 3.63) is 23.1 Å². The second-order valence-electron chi connectivity index (χ2n) is 5.00. The molecular weight excluding hydrogens is 299 g/mol. The Morgan fingerprint density at radius 1 is 1.60 bits per heavy atom. The van der Waals surface area contributed by atoms with Crippen LogP contribution in [0.25, 0.3) is 11.2 Å². The first-order chi connectivity index (χ1) is 9.54. The molecule has 1 aliphatic heterocycles. The van der Waals surface area contributed by atoms with Crippen LogP contribution in [0.4, 0.5) is 0 Å². The van der Waals surface area contributed by atoms with Crippen LogP contribution >= 0.6 is 23.2 Å². The number of halogens is 2. The average molecular weight is 313 g/mol. The van der Waals surface area contributed by atoms with Crippen LogP contribution in [-0.2, 0) is 11.3 Å². The van der Waals surface area contributed by atoms with Crippen molar-refractivity contribution in [1.82, 2.24) is 19.9 Å². The van der Waals surface area contributed by atoms with Crippen LogP contribution in [-0.4, -0.2) is 26.5 Å². The molecule has 0 aliphatic carbocycles. The molecule has 1 aliphatic rings. The van der Waals surface area contributed by atoms with E-state index >= 15 is 0 Å². The van der Waals surface area contributed by atoms with Crippen LogP contribution < -0.4 is 5.32 Å². The third kappa shape index (κ3) is 2.47. The van der Waals surface area contributed by atoms with Crippen LogP contribution in [0.5, 0.6) is 0 Å². The number of carbonyl (C=O) groups excluding carboxylic acids is 1. The fraction of sp³-hybridized carbons (Fsp3) is 0.462. The number of amides is 1. The lowest BCUT2D eigenvalue weighted by molar-refractivity contribution is -0.119. The van der Waals surface area contributed by atoms with Gasteiger partial charge in [0.1, 0.15) is 11.3 Å². The molecule has 106 valence electrons. The molecule has 2 unspecified atom stereocenters. The first kappa shape index (κ1) is 13.6. The van der Waals surface area contributed by atoms with Gasteiger partial charge in [-0.1, -0.05) is 11.6 Å². The minimum atomic E-state index is -0.236. The second kappa shape index (κ2) is 5.22. The Balaban J connectivity index is 2.02. The summed E-state index contributed by atoms with van der Waals surface area (Å²) in [4.78, 5) is 20.2. The van der Waals surface area contributed by atoms with Crippen molar-refractivity contribution in [3.8, 4) is 0 Å². The SMILES string of the molecule is CC(Cl)c1nc2cc(Cl)cnc2n1CC1CCC(=O)N1.